The van der Waals surface area contributed by atoms with E-state index in [1.165, 1.54) is 103 Å². The largest absolute Gasteiger partial charge is 0.397 e. The van der Waals surface area contributed by atoms with E-state index in [1.807, 2.05) is 0 Å². The SMILES string of the molecule is CCCCC/C=C\CCCCCCC(O)C(=O)NC(COC1OC(CO)C(O)C(OS(=O)(=O)O)C1O)C(O)CCCCCCCCCCCCCCCCCCC. The quantitative estimate of drug-likeness (QED) is 0.0185. The molecule has 57 heavy (non-hydrogen) atoms. The number of carbonyl (C=O) groups is 1. The van der Waals surface area contributed by atoms with Gasteiger partial charge in [-0.1, -0.05) is 167 Å². The zero-order chi connectivity index (χ0) is 42.2. The number of aliphatic hydroxyl groups is 5. The van der Waals surface area contributed by atoms with E-state index in [1.54, 1.807) is 0 Å². The lowest BCUT2D eigenvalue weighted by molar-refractivity contribution is -0.298. The van der Waals surface area contributed by atoms with Gasteiger partial charge in [-0.15, -0.1) is 0 Å². The summed E-state index contributed by atoms with van der Waals surface area (Å²) in [5.41, 5.74) is 0. The minimum atomic E-state index is -5.11. The summed E-state index contributed by atoms with van der Waals surface area (Å²) in [6, 6.07) is -1.03. The van der Waals surface area contributed by atoms with Crippen LogP contribution in [0.3, 0.4) is 0 Å². The van der Waals surface area contributed by atoms with E-state index < -0.39 is 78.5 Å². The second kappa shape index (κ2) is 34.5. The van der Waals surface area contributed by atoms with Gasteiger partial charge in [-0.05, 0) is 38.5 Å². The molecule has 0 aromatic rings. The van der Waals surface area contributed by atoms with Crippen LogP contribution in [0.1, 0.15) is 194 Å². The summed E-state index contributed by atoms with van der Waals surface area (Å²) in [6.07, 6.45) is 24.0. The fourth-order valence-corrected chi connectivity index (χ4v) is 7.79. The normalized spacial score (nSPS) is 21.9. The second-order valence-corrected chi connectivity index (χ2v) is 17.2. The van der Waals surface area contributed by atoms with E-state index in [2.05, 4.69) is 35.5 Å². The molecule has 1 amide bonds. The highest BCUT2D eigenvalue weighted by Gasteiger charge is 2.48. The third kappa shape index (κ3) is 27.3. The van der Waals surface area contributed by atoms with Gasteiger partial charge >= 0.3 is 10.4 Å². The Hall–Kier alpha value is -1.20. The number of rotatable bonds is 38. The van der Waals surface area contributed by atoms with E-state index in [4.69, 9.17) is 9.47 Å². The number of carbonyl (C=O) groups excluding carboxylic acids is 1. The van der Waals surface area contributed by atoms with Gasteiger partial charge in [0, 0.05) is 0 Å². The molecule has 1 heterocycles. The molecule has 1 fully saturated rings. The first-order valence-electron chi connectivity index (χ1n) is 22.7. The van der Waals surface area contributed by atoms with Crippen LogP contribution in [0.4, 0.5) is 0 Å². The van der Waals surface area contributed by atoms with Gasteiger partial charge in [-0.2, -0.15) is 8.42 Å². The molecule has 1 aliphatic rings. The number of aliphatic hydroxyl groups excluding tert-OH is 5. The minimum absolute atomic E-state index is 0.247. The molecule has 8 unspecified atom stereocenters. The van der Waals surface area contributed by atoms with Crippen molar-refractivity contribution < 1.29 is 57.0 Å². The lowest BCUT2D eigenvalue weighted by atomic mass is 9.99. The summed E-state index contributed by atoms with van der Waals surface area (Å²) in [4.78, 5) is 13.1. The molecule has 0 aromatic carbocycles. The van der Waals surface area contributed by atoms with Crippen LogP contribution in [-0.2, 0) is 28.9 Å². The number of nitrogens with one attached hydrogen (secondary N) is 1. The highest BCUT2D eigenvalue weighted by atomic mass is 32.3. The van der Waals surface area contributed by atoms with Gasteiger partial charge in [0.15, 0.2) is 6.29 Å². The summed E-state index contributed by atoms with van der Waals surface area (Å²) in [5.74, 6) is -0.679. The molecule has 8 atom stereocenters. The molecule has 0 aliphatic carbocycles. The van der Waals surface area contributed by atoms with Crippen LogP contribution in [0, 0.1) is 0 Å². The van der Waals surface area contributed by atoms with E-state index in [0.717, 1.165) is 51.4 Å². The Morgan fingerprint density at radius 1 is 0.684 bits per heavy atom. The molecule has 0 saturated carbocycles. The van der Waals surface area contributed by atoms with Gasteiger partial charge in [0.1, 0.15) is 30.5 Å². The maximum atomic E-state index is 13.1. The first-order valence-corrected chi connectivity index (χ1v) is 24.0. The van der Waals surface area contributed by atoms with Crippen molar-refractivity contribution in [3.05, 3.63) is 12.2 Å². The lowest BCUT2D eigenvalue weighted by Crippen LogP contribution is -2.61. The first kappa shape index (κ1) is 53.8. The predicted molar refractivity (Wildman–Crippen MR) is 224 cm³/mol. The number of amides is 1. The molecule has 1 aliphatic heterocycles. The molecule has 1 saturated heterocycles. The Morgan fingerprint density at radius 2 is 1.12 bits per heavy atom. The molecule has 0 radical (unpaired) electrons. The molecule has 0 aromatic heterocycles. The van der Waals surface area contributed by atoms with Crippen LogP contribution in [0.15, 0.2) is 12.2 Å². The highest BCUT2D eigenvalue weighted by Crippen LogP contribution is 2.26. The van der Waals surface area contributed by atoms with Crippen molar-refractivity contribution in [2.24, 2.45) is 0 Å². The van der Waals surface area contributed by atoms with Crippen molar-refractivity contribution in [2.45, 2.75) is 243 Å². The molecule has 14 heteroatoms. The monoisotopic (exact) mass is 838 g/mol. The smallest absolute Gasteiger partial charge is 0.394 e. The van der Waals surface area contributed by atoms with Crippen LogP contribution in [0.5, 0.6) is 0 Å². The van der Waals surface area contributed by atoms with E-state index >= 15 is 0 Å². The van der Waals surface area contributed by atoms with E-state index in [0.29, 0.717) is 19.3 Å². The maximum absolute atomic E-state index is 13.1. The van der Waals surface area contributed by atoms with E-state index in [-0.39, 0.29) is 6.42 Å². The Balaban J connectivity index is 2.57. The number of allylic oxidation sites excluding steroid dienone is 2. The molecule has 7 N–H and O–H groups in total. The number of ether oxygens (including phenoxy) is 2. The average molecular weight is 838 g/mol. The predicted octanol–water partition coefficient (Wildman–Crippen LogP) is 7.36. The van der Waals surface area contributed by atoms with Crippen molar-refractivity contribution in [2.75, 3.05) is 13.2 Å². The van der Waals surface area contributed by atoms with Crippen LogP contribution in [0.2, 0.25) is 0 Å². The average Bonchev–Trinajstić information content (AvgIpc) is 3.18. The fraction of sp³-hybridized carbons (Fsp3) is 0.930. The highest BCUT2D eigenvalue weighted by molar-refractivity contribution is 7.80. The molecule has 1 rings (SSSR count). The summed E-state index contributed by atoms with van der Waals surface area (Å²) < 4.78 is 47.5. The molecule has 0 spiro atoms. The third-order valence-electron chi connectivity index (χ3n) is 10.9. The summed E-state index contributed by atoms with van der Waals surface area (Å²) in [5, 5.41) is 55.2. The number of hydrogen-bond acceptors (Lipinski definition) is 11. The second-order valence-electron chi connectivity index (χ2n) is 16.1. The fourth-order valence-electron chi connectivity index (χ4n) is 7.28. The van der Waals surface area contributed by atoms with Crippen molar-refractivity contribution in [1.29, 1.82) is 0 Å². The van der Waals surface area contributed by atoms with Gasteiger partial charge in [-0.25, -0.2) is 4.18 Å². The zero-order valence-electron chi connectivity index (χ0n) is 35.5. The molecule has 338 valence electrons. The molecule has 0 bridgehead atoms. The standard InChI is InChI=1S/C43H83NO12S/c1-3-5-7-9-11-13-15-16-17-18-19-20-22-23-25-27-29-31-36(46)35(34-54-43-40(49)41(56-57(51,52)53)39(48)38(33-45)55-43)44-42(50)37(47)32-30-28-26-24-21-14-12-10-8-6-4-2/h12,14,35-41,43,45-49H,3-11,13,15-34H2,1-2H3,(H,44,50)(H,51,52,53)/b14-12-. The first-order chi connectivity index (χ1) is 27.4. The summed E-state index contributed by atoms with van der Waals surface area (Å²) >= 11 is 0. The lowest BCUT2D eigenvalue weighted by Gasteiger charge is -2.41. The summed E-state index contributed by atoms with van der Waals surface area (Å²) in [7, 11) is -5.11. The van der Waals surface area contributed by atoms with Gasteiger partial charge in [0.05, 0.1) is 25.4 Å². The zero-order valence-corrected chi connectivity index (χ0v) is 36.3. The minimum Gasteiger partial charge on any atom is -0.394 e. The van der Waals surface area contributed by atoms with Gasteiger partial charge in [-0.3, -0.25) is 9.35 Å². The van der Waals surface area contributed by atoms with Crippen molar-refractivity contribution in [3.63, 3.8) is 0 Å². The van der Waals surface area contributed by atoms with Crippen molar-refractivity contribution >= 4 is 16.3 Å². The van der Waals surface area contributed by atoms with Crippen LogP contribution in [0.25, 0.3) is 0 Å². The van der Waals surface area contributed by atoms with Gasteiger partial charge in [0.2, 0.25) is 5.91 Å². The Morgan fingerprint density at radius 3 is 1.61 bits per heavy atom. The maximum Gasteiger partial charge on any atom is 0.397 e. The van der Waals surface area contributed by atoms with Gasteiger partial charge < -0.3 is 40.3 Å². The number of hydrogen-bond donors (Lipinski definition) is 7. The van der Waals surface area contributed by atoms with Crippen molar-refractivity contribution in [1.82, 2.24) is 5.32 Å². The Bertz CT molecular complexity index is 1100. The van der Waals surface area contributed by atoms with E-state index in [9.17, 15) is 43.3 Å². The van der Waals surface area contributed by atoms with Crippen molar-refractivity contribution in [3.8, 4) is 0 Å². The van der Waals surface area contributed by atoms with Crippen LogP contribution < -0.4 is 5.32 Å². The van der Waals surface area contributed by atoms with Crippen LogP contribution >= 0.6 is 0 Å². The number of unbranched alkanes of at least 4 members (excludes halogenated alkanes) is 23. The summed E-state index contributed by atoms with van der Waals surface area (Å²) in [6.45, 7) is 3.23. The van der Waals surface area contributed by atoms with Gasteiger partial charge in [0.25, 0.3) is 0 Å². The Kier molecular flexibility index (Phi) is 32.6. The topological polar surface area (TPSA) is 212 Å². The van der Waals surface area contributed by atoms with Crippen LogP contribution in [-0.4, -0.2) is 107 Å². The molecule has 13 nitrogen and oxygen atoms in total. The molecular weight excluding hydrogens is 755 g/mol. The third-order valence-corrected chi connectivity index (χ3v) is 11.4. The molecular formula is C43H83NO12S. The Labute approximate surface area is 345 Å².